The molecule has 1 aromatic heterocycles. The molecule has 6 heteroatoms. The van der Waals surface area contributed by atoms with Crippen molar-refractivity contribution in [3.05, 3.63) is 22.5 Å². The number of likely N-dealkylation sites (tertiary alicyclic amines) is 1. The number of carbonyl (C=O) groups excluding carboxylic acids is 3. The summed E-state index contributed by atoms with van der Waals surface area (Å²) in [5.74, 6) is -0.877. The van der Waals surface area contributed by atoms with Gasteiger partial charge in [0.25, 0.3) is 5.91 Å². The zero-order chi connectivity index (χ0) is 18.9. The molecular formula is C19H28N2O4. The van der Waals surface area contributed by atoms with E-state index >= 15 is 0 Å². The van der Waals surface area contributed by atoms with Gasteiger partial charge in [-0.05, 0) is 66.4 Å². The van der Waals surface area contributed by atoms with E-state index in [1.54, 1.807) is 20.8 Å². The van der Waals surface area contributed by atoms with Crippen LogP contribution in [0.5, 0.6) is 0 Å². The topological polar surface area (TPSA) is 79.5 Å². The van der Waals surface area contributed by atoms with Crippen molar-refractivity contribution in [2.75, 3.05) is 0 Å². The Hall–Kier alpha value is -2.11. The zero-order valence-corrected chi connectivity index (χ0v) is 15.9. The summed E-state index contributed by atoms with van der Waals surface area (Å²) < 4.78 is 5.40. The van der Waals surface area contributed by atoms with Gasteiger partial charge in [-0.15, -0.1) is 0 Å². The van der Waals surface area contributed by atoms with Crippen molar-refractivity contribution >= 4 is 17.7 Å². The van der Waals surface area contributed by atoms with E-state index in [9.17, 15) is 14.4 Å². The molecule has 3 atom stereocenters. The van der Waals surface area contributed by atoms with Crippen LogP contribution in [0.3, 0.4) is 0 Å². The van der Waals surface area contributed by atoms with Crippen molar-refractivity contribution < 1.29 is 19.1 Å². The zero-order valence-electron chi connectivity index (χ0n) is 15.9. The van der Waals surface area contributed by atoms with Crippen molar-refractivity contribution in [3.63, 3.8) is 0 Å². The second-order valence-electron chi connectivity index (χ2n) is 7.10. The molecular weight excluding hydrogens is 320 g/mol. The SMILES string of the molecule is CC(=O)c1c(C)[nH]c(C(=O)O[C@@H](C)C(=O)N2[C@H](C)CCC[C@@H]2C)c1C. The van der Waals surface area contributed by atoms with E-state index in [0.717, 1.165) is 19.3 Å². The quantitative estimate of drug-likeness (QED) is 0.669. The van der Waals surface area contributed by atoms with Gasteiger partial charge < -0.3 is 14.6 Å². The van der Waals surface area contributed by atoms with Crippen LogP contribution in [0.2, 0.25) is 0 Å². The second-order valence-corrected chi connectivity index (χ2v) is 7.10. The number of hydrogen-bond donors (Lipinski definition) is 1. The van der Waals surface area contributed by atoms with Gasteiger partial charge >= 0.3 is 5.97 Å². The summed E-state index contributed by atoms with van der Waals surface area (Å²) in [6, 6.07) is 0.298. The molecule has 0 radical (unpaired) electrons. The fourth-order valence-electron chi connectivity index (χ4n) is 3.82. The maximum atomic E-state index is 12.7. The number of nitrogens with one attached hydrogen (secondary N) is 1. The molecule has 1 aliphatic heterocycles. The third-order valence-electron chi connectivity index (χ3n) is 5.07. The first-order valence-electron chi connectivity index (χ1n) is 8.88. The molecule has 2 rings (SSSR count). The Morgan fingerprint density at radius 2 is 1.72 bits per heavy atom. The monoisotopic (exact) mass is 348 g/mol. The van der Waals surface area contributed by atoms with Crippen molar-refractivity contribution in [1.82, 2.24) is 9.88 Å². The molecule has 0 aromatic carbocycles. The average Bonchev–Trinajstić information content (AvgIpc) is 2.81. The predicted octanol–water partition coefficient (Wildman–Crippen LogP) is 3.17. The van der Waals surface area contributed by atoms with Gasteiger partial charge in [-0.2, -0.15) is 0 Å². The summed E-state index contributed by atoms with van der Waals surface area (Å²) in [6.45, 7) is 10.6. The van der Waals surface area contributed by atoms with Crippen molar-refractivity contribution in [3.8, 4) is 0 Å². The van der Waals surface area contributed by atoms with Crippen LogP contribution in [-0.2, 0) is 9.53 Å². The van der Waals surface area contributed by atoms with Gasteiger partial charge in [0.1, 0.15) is 5.69 Å². The normalized spacial score (nSPS) is 21.8. The molecule has 6 nitrogen and oxygen atoms in total. The number of hydrogen-bond acceptors (Lipinski definition) is 4. The summed E-state index contributed by atoms with van der Waals surface area (Å²) >= 11 is 0. The maximum Gasteiger partial charge on any atom is 0.355 e. The third-order valence-corrected chi connectivity index (χ3v) is 5.07. The summed E-state index contributed by atoms with van der Waals surface area (Å²) in [4.78, 5) is 41.7. The van der Waals surface area contributed by atoms with Gasteiger partial charge in [-0.3, -0.25) is 9.59 Å². The van der Waals surface area contributed by atoms with E-state index in [0.29, 0.717) is 16.8 Å². The van der Waals surface area contributed by atoms with Gasteiger partial charge in [-0.1, -0.05) is 0 Å². The molecule has 1 saturated heterocycles. The molecule has 1 amide bonds. The van der Waals surface area contributed by atoms with E-state index < -0.39 is 12.1 Å². The number of Topliss-reactive ketones (excluding diaryl/α,β-unsaturated/α-hetero) is 1. The molecule has 0 aliphatic carbocycles. The van der Waals surface area contributed by atoms with Crippen LogP contribution in [0.15, 0.2) is 0 Å². The number of carbonyl (C=O) groups is 3. The summed E-state index contributed by atoms with van der Waals surface area (Å²) in [7, 11) is 0. The first-order chi connectivity index (χ1) is 11.6. The molecule has 138 valence electrons. The number of ether oxygens (including phenoxy) is 1. The number of rotatable bonds is 4. The predicted molar refractivity (Wildman–Crippen MR) is 94.8 cm³/mol. The third kappa shape index (κ3) is 3.78. The number of H-pyrrole nitrogens is 1. The van der Waals surface area contributed by atoms with E-state index in [2.05, 4.69) is 4.98 Å². The minimum Gasteiger partial charge on any atom is -0.448 e. The second kappa shape index (κ2) is 7.42. The molecule has 2 heterocycles. The molecule has 1 fully saturated rings. The number of aromatic amines is 1. The minimum atomic E-state index is -0.862. The van der Waals surface area contributed by atoms with Crippen LogP contribution < -0.4 is 0 Å². The van der Waals surface area contributed by atoms with E-state index in [4.69, 9.17) is 4.74 Å². The number of esters is 1. The Kier molecular flexibility index (Phi) is 5.70. The van der Waals surface area contributed by atoms with E-state index in [1.807, 2.05) is 18.7 Å². The number of aryl methyl sites for hydroxylation is 1. The van der Waals surface area contributed by atoms with E-state index in [1.165, 1.54) is 6.92 Å². The standard InChI is InChI=1S/C19H28N2O4/c1-10-8-7-9-11(2)21(10)18(23)15(6)25-19(24)17-12(3)16(14(5)22)13(4)20-17/h10-11,15,20H,7-9H2,1-6H3/t10-,11+,15-/m0/s1. The molecule has 1 aliphatic rings. The van der Waals surface area contributed by atoms with Crippen LogP contribution in [0.4, 0.5) is 0 Å². The molecule has 1 aromatic rings. The molecule has 25 heavy (non-hydrogen) atoms. The highest BCUT2D eigenvalue weighted by atomic mass is 16.5. The van der Waals surface area contributed by atoms with Gasteiger partial charge in [0, 0.05) is 23.3 Å². The lowest BCUT2D eigenvalue weighted by Gasteiger charge is -2.40. The molecule has 0 saturated carbocycles. The highest BCUT2D eigenvalue weighted by molar-refractivity contribution is 6.01. The molecule has 0 spiro atoms. The lowest BCUT2D eigenvalue weighted by atomic mass is 9.97. The Labute approximate surface area is 148 Å². The molecule has 0 bridgehead atoms. The minimum absolute atomic E-state index is 0.106. The van der Waals surface area contributed by atoms with Gasteiger partial charge in [0.2, 0.25) is 0 Å². The highest BCUT2D eigenvalue weighted by Crippen LogP contribution is 2.24. The molecule has 1 N–H and O–H groups in total. The summed E-state index contributed by atoms with van der Waals surface area (Å²) in [5.41, 5.74) is 1.94. The first kappa shape index (κ1) is 19.2. The lowest BCUT2D eigenvalue weighted by molar-refractivity contribution is -0.146. The van der Waals surface area contributed by atoms with Gasteiger partial charge in [0.15, 0.2) is 11.9 Å². The van der Waals surface area contributed by atoms with Crippen molar-refractivity contribution in [2.24, 2.45) is 0 Å². The number of nitrogens with zero attached hydrogens (tertiary/aromatic N) is 1. The maximum absolute atomic E-state index is 12.7. The van der Waals surface area contributed by atoms with Gasteiger partial charge in [0.05, 0.1) is 0 Å². The summed E-state index contributed by atoms with van der Waals surface area (Å²) in [6.07, 6.45) is 2.18. The highest BCUT2D eigenvalue weighted by Gasteiger charge is 2.34. The van der Waals surface area contributed by atoms with Crippen molar-refractivity contribution in [1.29, 1.82) is 0 Å². The van der Waals surface area contributed by atoms with E-state index in [-0.39, 0.29) is 29.5 Å². The lowest BCUT2D eigenvalue weighted by Crippen LogP contribution is -2.51. The van der Waals surface area contributed by atoms with Gasteiger partial charge in [-0.25, -0.2) is 4.79 Å². The van der Waals surface area contributed by atoms with Crippen LogP contribution in [0.1, 0.15) is 79.1 Å². The smallest absolute Gasteiger partial charge is 0.355 e. The number of piperidine rings is 1. The van der Waals surface area contributed by atoms with Crippen LogP contribution >= 0.6 is 0 Å². The van der Waals surface area contributed by atoms with Crippen LogP contribution in [-0.4, -0.2) is 45.7 Å². The fraction of sp³-hybridized carbons (Fsp3) is 0.632. The van der Waals surface area contributed by atoms with Crippen molar-refractivity contribution in [2.45, 2.75) is 79.0 Å². The Morgan fingerprint density at radius 3 is 2.20 bits per heavy atom. The molecule has 0 unspecified atom stereocenters. The average molecular weight is 348 g/mol. The fourth-order valence-corrected chi connectivity index (χ4v) is 3.82. The Morgan fingerprint density at radius 1 is 1.16 bits per heavy atom. The largest absolute Gasteiger partial charge is 0.448 e. The van der Waals surface area contributed by atoms with Crippen LogP contribution in [0, 0.1) is 13.8 Å². The Bertz CT molecular complexity index is 682. The Balaban J connectivity index is 2.13. The number of amides is 1. The number of ketones is 1. The van der Waals surface area contributed by atoms with Crippen LogP contribution in [0.25, 0.3) is 0 Å². The summed E-state index contributed by atoms with van der Waals surface area (Å²) in [5, 5.41) is 0. The number of aromatic nitrogens is 1. The first-order valence-corrected chi connectivity index (χ1v) is 8.88.